The fraction of sp³-hybridized carbons (Fsp3) is 0.464. The second-order valence-corrected chi connectivity index (χ2v) is 9.80. The Bertz CT molecular complexity index is 982. The summed E-state index contributed by atoms with van der Waals surface area (Å²) in [6.07, 6.45) is 4.94. The molecule has 6 heteroatoms. The first-order valence-electron chi connectivity index (χ1n) is 12.1. The Labute approximate surface area is 201 Å². The van der Waals surface area contributed by atoms with Crippen LogP contribution in [0, 0.1) is 11.8 Å². The maximum absolute atomic E-state index is 12.7. The number of aliphatic carboxylic acids is 2. The van der Waals surface area contributed by atoms with E-state index >= 15 is 0 Å². The van der Waals surface area contributed by atoms with Crippen LogP contribution >= 0.6 is 0 Å². The molecule has 2 unspecified atom stereocenters. The van der Waals surface area contributed by atoms with Crippen LogP contribution in [0.15, 0.2) is 54.6 Å². The Balaban J connectivity index is 1.66. The molecule has 3 rings (SSSR count). The molecule has 1 aliphatic rings. The standard InChI is InChI=1S/C28H35NO5/c1-19(29-25(30)17-24(26(31)32)22-11-7-4-8-12-22)18-28(2,27(33)34)23-15-13-21(14-16-23)20-9-5-3-6-10-20/h3,5-6,9-10,13-16,19,22,24H,4,7-8,11-12,17-18H2,1-2H3,(H,29,30)(H,31,32)(H,33,34)/t19?,24-,28?/m0/s1. The third-order valence-corrected chi connectivity index (χ3v) is 7.16. The summed E-state index contributed by atoms with van der Waals surface area (Å²) >= 11 is 0. The van der Waals surface area contributed by atoms with Gasteiger partial charge in [-0.1, -0.05) is 73.9 Å². The van der Waals surface area contributed by atoms with E-state index in [1.807, 2.05) is 54.6 Å². The summed E-state index contributed by atoms with van der Waals surface area (Å²) in [5, 5.41) is 22.6. The summed E-state index contributed by atoms with van der Waals surface area (Å²) < 4.78 is 0. The lowest BCUT2D eigenvalue weighted by molar-refractivity contribution is -0.146. The highest BCUT2D eigenvalue weighted by Crippen LogP contribution is 2.33. The summed E-state index contributed by atoms with van der Waals surface area (Å²) in [6, 6.07) is 16.9. The minimum Gasteiger partial charge on any atom is -0.481 e. The molecule has 34 heavy (non-hydrogen) atoms. The van der Waals surface area contributed by atoms with Crippen molar-refractivity contribution < 1.29 is 24.6 Å². The van der Waals surface area contributed by atoms with Crippen LogP contribution in [0.1, 0.15) is 64.4 Å². The predicted octanol–water partition coefficient (Wildman–Crippen LogP) is 5.26. The molecule has 6 nitrogen and oxygen atoms in total. The molecule has 3 N–H and O–H groups in total. The third kappa shape index (κ3) is 6.25. The summed E-state index contributed by atoms with van der Waals surface area (Å²) in [5.74, 6) is -2.89. The van der Waals surface area contributed by atoms with E-state index in [4.69, 9.17) is 0 Å². The number of carbonyl (C=O) groups excluding carboxylic acids is 1. The van der Waals surface area contributed by atoms with Crippen molar-refractivity contribution >= 4 is 17.8 Å². The molecule has 0 radical (unpaired) electrons. The SMILES string of the molecule is CC(CC(C)(C(=O)O)c1ccc(-c2ccccc2)cc1)NC(=O)C[C@H](C(=O)O)C1CCCCC1. The first-order valence-corrected chi connectivity index (χ1v) is 12.1. The average Bonchev–Trinajstić information content (AvgIpc) is 2.83. The molecule has 1 fully saturated rings. The van der Waals surface area contributed by atoms with E-state index in [1.165, 1.54) is 0 Å². The lowest BCUT2D eigenvalue weighted by atomic mass is 9.76. The second kappa shape index (κ2) is 11.3. The zero-order chi connectivity index (χ0) is 24.7. The average molecular weight is 466 g/mol. The maximum atomic E-state index is 12.7. The van der Waals surface area contributed by atoms with E-state index in [1.54, 1.807) is 13.8 Å². The number of carbonyl (C=O) groups is 3. The van der Waals surface area contributed by atoms with Crippen molar-refractivity contribution in [2.24, 2.45) is 11.8 Å². The maximum Gasteiger partial charge on any atom is 0.313 e. The van der Waals surface area contributed by atoms with Crippen LogP contribution in [-0.2, 0) is 19.8 Å². The highest BCUT2D eigenvalue weighted by molar-refractivity contribution is 5.83. The van der Waals surface area contributed by atoms with Gasteiger partial charge in [0.15, 0.2) is 0 Å². The number of hydrogen-bond donors (Lipinski definition) is 3. The highest BCUT2D eigenvalue weighted by Gasteiger charge is 2.38. The first-order chi connectivity index (χ1) is 16.2. The minimum absolute atomic E-state index is 0.0275. The quantitative estimate of drug-likeness (QED) is 0.444. The number of benzene rings is 2. The van der Waals surface area contributed by atoms with Gasteiger partial charge in [0.1, 0.15) is 0 Å². The lowest BCUT2D eigenvalue weighted by Crippen LogP contribution is -2.43. The van der Waals surface area contributed by atoms with Gasteiger partial charge in [0, 0.05) is 12.5 Å². The van der Waals surface area contributed by atoms with E-state index < -0.39 is 29.3 Å². The molecule has 1 aliphatic carbocycles. The molecular weight excluding hydrogens is 430 g/mol. The Hall–Kier alpha value is -3.15. The minimum atomic E-state index is -1.20. The van der Waals surface area contributed by atoms with Crippen LogP contribution in [-0.4, -0.2) is 34.1 Å². The number of carboxylic acids is 2. The highest BCUT2D eigenvalue weighted by atomic mass is 16.4. The number of hydrogen-bond acceptors (Lipinski definition) is 3. The van der Waals surface area contributed by atoms with Gasteiger partial charge in [0.2, 0.25) is 5.91 Å². The van der Waals surface area contributed by atoms with Crippen molar-refractivity contribution in [3.8, 4) is 11.1 Å². The van der Waals surface area contributed by atoms with Gasteiger partial charge in [-0.15, -0.1) is 0 Å². The molecule has 1 amide bonds. The van der Waals surface area contributed by atoms with Crippen molar-refractivity contribution in [3.63, 3.8) is 0 Å². The van der Waals surface area contributed by atoms with Gasteiger partial charge in [-0.2, -0.15) is 0 Å². The Kier molecular flexibility index (Phi) is 8.48. The van der Waals surface area contributed by atoms with Gasteiger partial charge in [-0.25, -0.2) is 0 Å². The number of nitrogens with one attached hydrogen (secondary N) is 1. The number of rotatable bonds is 10. The molecule has 0 saturated heterocycles. The number of carboxylic acid groups (broad SMARTS) is 2. The molecule has 0 heterocycles. The van der Waals surface area contributed by atoms with Gasteiger partial charge in [0.25, 0.3) is 0 Å². The van der Waals surface area contributed by atoms with Gasteiger partial charge >= 0.3 is 11.9 Å². The van der Waals surface area contributed by atoms with Crippen LogP contribution in [0.25, 0.3) is 11.1 Å². The van der Waals surface area contributed by atoms with Crippen molar-refractivity contribution in [2.45, 2.75) is 70.3 Å². The second-order valence-electron chi connectivity index (χ2n) is 9.80. The van der Waals surface area contributed by atoms with Crippen molar-refractivity contribution in [3.05, 3.63) is 60.2 Å². The smallest absolute Gasteiger partial charge is 0.313 e. The third-order valence-electron chi connectivity index (χ3n) is 7.16. The van der Waals surface area contributed by atoms with E-state index in [0.29, 0.717) is 5.56 Å². The van der Waals surface area contributed by atoms with Crippen molar-refractivity contribution in [1.29, 1.82) is 0 Å². The molecular formula is C28H35NO5. The van der Waals surface area contributed by atoms with E-state index in [9.17, 15) is 24.6 Å². The normalized spacial score (nSPS) is 17.8. The van der Waals surface area contributed by atoms with Crippen molar-refractivity contribution in [2.75, 3.05) is 0 Å². The van der Waals surface area contributed by atoms with E-state index in [0.717, 1.165) is 43.2 Å². The van der Waals surface area contributed by atoms with Crippen LogP contribution < -0.4 is 5.32 Å². The van der Waals surface area contributed by atoms with Gasteiger partial charge in [-0.3, -0.25) is 14.4 Å². The zero-order valence-electron chi connectivity index (χ0n) is 20.0. The summed E-state index contributed by atoms with van der Waals surface area (Å²) in [7, 11) is 0. The predicted molar refractivity (Wildman–Crippen MR) is 131 cm³/mol. The van der Waals surface area contributed by atoms with E-state index in [2.05, 4.69) is 5.32 Å². The van der Waals surface area contributed by atoms with E-state index in [-0.39, 0.29) is 24.7 Å². The molecule has 0 spiro atoms. The summed E-state index contributed by atoms with van der Waals surface area (Å²) in [6.45, 7) is 3.44. The first kappa shape index (κ1) is 25.5. The van der Waals surface area contributed by atoms with Crippen LogP contribution in [0.3, 0.4) is 0 Å². The zero-order valence-corrected chi connectivity index (χ0v) is 20.0. The monoisotopic (exact) mass is 465 g/mol. The fourth-order valence-corrected chi connectivity index (χ4v) is 5.18. The molecule has 0 bridgehead atoms. The topological polar surface area (TPSA) is 104 Å². The van der Waals surface area contributed by atoms with Crippen molar-refractivity contribution in [1.82, 2.24) is 5.32 Å². The Morgan fingerprint density at radius 2 is 1.53 bits per heavy atom. The molecule has 0 aliphatic heterocycles. The molecule has 0 aromatic heterocycles. The molecule has 182 valence electrons. The Morgan fingerprint density at radius 1 is 0.941 bits per heavy atom. The van der Waals surface area contributed by atoms with Crippen LogP contribution in [0.2, 0.25) is 0 Å². The molecule has 2 aromatic carbocycles. The van der Waals surface area contributed by atoms with Crippen LogP contribution in [0.4, 0.5) is 0 Å². The van der Waals surface area contributed by atoms with Gasteiger partial charge in [0.05, 0.1) is 11.3 Å². The summed E-state index contributed by atoms with van der Waals surface area (Å²) in [5.41, 5.74) is 1.52. The summed E-state index contributed by atoms with van der Waals surface area (Å²) in [4.78, 5) is 36.8. The van der Waals surface area contributed by atoms with Gasteiger partial charge < -0.3 is 15.5 Å². The largest absolute Gasteiger partial charge is 0.481 e. The van der Waals surface area contributed by atoms with Crippen LogP contribution in [0.5, 0.6) is 0 Å². The molecule has 2 aromatic rings. The molecule has 1 saturated carbocycles. The molecule has 3 atom stereocenters. The fourth-order valence-electron chi connectivity index (χ4n) is 5.18. The number of amides is 1. The van der Waals surface area contributed by atoms with Gasteiger partial charge in [-0.05, 0) is 55.7 Å². The Morgan fingerprint density at radius 3 is 2.09 bits per heavy atom. The lowest BCUT2D eigenvalue weighted by Gasteiger charge is -2.30.